The number of aliphatic hydroxyl groups excluding tert-OH is 1. The van der Waals surface area contributed by atoms with Gasteiger partial charge in [0.1, 0.15) is 0 Å². The van der Waals surface area contributed by atoms with E-state index in [4.69, 9.17) is 0 Å². The van der Waals surface area contributed by atoms with E-state index in [1.54, 1.807) is 11.3 Å². The van der Waals surface area contributed by atoms with Crippen molar-refractivity contribution in [1.29, 1.82) is 0 Å². The Balaban J connectivity index is 1.68. The highest BCUT2D eigenvalue weighted by molar-refractivity contribution is 7.09. The van der Waals surface area contributed by atoms with Crippen molar-refractivity contribution in [2.45, 2.75) is 51.2 Å². The quantitative estimate of drug-likeness (QED) is 0.768. The summed E-state index contributed by atoms with van der Waals surface area (Å²) in [7, 11) is 0. The van der Waals surface area contributed by atoms with E-state index in [0.717, 1.165) is 31.0 Å². The van der Waals surface area contributed by atoms with E-state index < -0.39 is 0 Å². The minimum Gasteiger partial charge on any atom is -0.392 e. The van der Waals surface area contributed by atoms with Gasteiger partial charge < -0.3 is 10.4 Å². The Morgan fingerprint density at radius 3 is 3.12 bits per heavy atom. The van der Waals surface area contributed by atoms with Crippen LogP contribution in [0.3, 0.4) is 0 Å². The van der Waals surface area contributed by atoms with Gasteiger partial charge in [-0.05, 0) is 19.3 Å². The first-order valence-electron chi connectivity index (χ1n) is 6.12. The molecule has 0 aromatic carbocycles. The monoisotopic (exact) mass is 240 g/mol. The summed E-state index contributed by atoms with van der Waals surface area (Å²) in [5, 5.41) is 16.2. The highest BCUT2D eigenvalue weighted by Gasteiger charge is 2.26. The fraction of sp³-hybridized carbons (Fsp3) is 0.750. The Bertz CT molecular complexity index is 323. The first-order chi connectivity index (χ1) is 7.79. The van der Waals surface area contributed by atoms with Gasteiger partial charge in [0.15, 0.2) is 0 Å². The van der Waals surface area contributed by atoms with E-state index in [9.17, 15) is 5.11 Å². The van der Waals surface area contributed by atoms with Crippen LogP contribution in [0.4, 0.5) is 0 Å². The summed E-state index contributed by atoms with van der Waals surface area (Å²) in [5.41, 5.74) is 1.12. The summed E-state index contributed by atoms with van der Waals surface area (Å²) in [5.74, 6) is 0.754. The summed E-state index contributed by atoms with van der Waals surface area (Å²) in [6.07, 6.45) is 4.32. The van der Waals surface area contributed by atoms with Crippen molar-refractivity contribution < 1.29 is 5.11 Å². The van der Waals surface area contributed by atoms with E-state index in [1.165, 1.54) is 17.8 Å². The number of thiazole rings is 1. The first kappa shape index (κ1) is 12.0. The van der Waals surface area contributed by atoms with Crippen LogP contribution in [0.5, 0.6) is 0 Å². The summed E-state index contributed by atoms with van der Waals surface area (Å²) in [6.45, 7) is 3.54. The number of rotatable bonds is 7. The number of aromatic nitrogens is 1. The topological polar surface area (TPSA) is 45.1 Å². The lowest BCUT2D eigenvalue weighted by atomic mass is 10.2. The number of aliphatic hydroxyl groups is 1. The van der Waals surface area contributed by atoms with E-state index in [1.807, 2.05) is 0 Å². The molecule has 1 unspecified atom stereocenters. The fourth-order valence-corrected chi connectivity index (χ4v) is 2.71. The van der Waals surface area contributed by atoms with Gasteiger partial charge in [0.25, 0.3) is 0 Å². The summed E-state index contributed by atoms with van der Waals surface area (Å²) >= 11 is 1.78. The molecule has 1 saturated carbocycles. The molecule has 1 atom stereocenters. The molecule has 1 aliphatic rings. The molecule has 90 valence electrons. The van der Waals surface area contributed by atoms with Crippen molar-refractivity contribution >= 4 is 11.3 Å². The predicted octanol–water partition coefficient (Wildman–Crippen LogP) is 2.27. The lowest BCUT2D eigenvalue weighted by molar-refractivity contribution is 0.160. The maximum atomic E-state index is 9.55. The zero-order valence-corrected chi connectivity index (χ0v) is 10.6. The standard InChI is InChI=1S/C12H20N2OS/c1-2-3-11(15)7-13-6-10-8-16-12(14-10)9-4-5-9/h8-9,11,13,15H,2-7H2,1H3. The van der Waals surface area contributed by atoms with Crippen LogP contribution in [0.15, 0.2) is 5.38 Å². The van der Waals surface area contributed by atoms with Gasteiger partial charge >= 0.3 is 0 Å². The molecule has 2 N–H and O–H groups in total. The van der Waals surface area contributed by atoms with Crippen LogP contribution >= 0.6 is 11.3 Å². The zero-order chi connectivity index (χ0) is 11.4. The Kier molecular flexibility index (Phi) is 4.32. The van der Waals surface area contributed by atoms with Crippen LogP contribution in [0.1, 0.15) is 49.2 Å². The van der Waals surface area contributed by atoms with Gasteiger partial charge in [0.2, 0.25) is 0 Å². The molecule has 0 radical (unpaired) electrons. The fourth-order valence-electron chi connectivity index (χ4n) is 1.72. The van der Waals surface area contributed by atoms with Gasteiger partial charge in [-0.15, -0.1) is 11.3 Å². The SMILES string of the molecule is CCCC(O)CNCc1csc(C2CC2)n1. The van der Waals surface area contributed by atoms with Gasteiger partial charge in [-0.25, -0.2) is 4.98 Å². The van der Waals surface area contributed by atoms with Crippen molar-refractivity contribution in [2.24, 2.45) is 0 Å². The van der Waals surface area contributed by atoms with Crippen LogP contribution in [-0.4, -0.2) is 22.7 Å². The molecule has 1 aromatic heterocycles. The predicted molar refractivity (Wildman–Crippen MR) is 66.7 cm³/mol. The smallest absolute Gasteiger partial charge is 0.0959 e. The number of hydrogen-bond acceptors (Lipinski definition) is 4. The molecule has 1 aromatic rings. The molecule has 0 aliphatic heterocycles. The van der Waals surface area contributed by atoms with Crippen LogP contribution in [-0.2, 0) is 6.54 Å². The van der Waals surface area contributed by atoms with Crippen molar-refractivity contribution in [2.75, 3.05) is 6.54 Å². The van der Waals surface area contributed by atoms with Gasteiger partial charge in [-0.1, -0.05) is 13.3 Å². The largest absolute Gasteiger partial charge is 0.392 e. The Morgan fingerprint density at radius 1 is 1.62 bits per heavy atom. The highest BCUT2D eigenvalue weighted by Crippen LogP contribution is 2.41. The van der Waals surface area contributed by atoms with Crippen molar-refractivity contribution in [3.8, 4) is 0 Å². The Hall–Kier alpha value is -0.450. The van der Waals surface area contributed by atoms with Crippen LogP contribution in [0, 0.1) is 0 Å². The second kappa shape index (κ2) is 5.75. The van der Waals surface area contributed by atoms with Crippen molar-refractivity contribution in [3.63, 3.8) is 0 Å². The maximum absolute atomic E-state index is 9.55. The van der Waals surface area contributed by atoms with Crippen LogP contribution in [0.2, 0.25) is 0 Å². The maximum Gasteiger partial charge on any atom is 0.0959 e. The lowest BCUT2D eigenvalue weighted by Gasteiger charge is -2.09. The molecule has 0 amide bonds. The molecule has 16 heavy (non-hydrogen) atoms. The van der Waals surface area contributed by atoms with Gasteiger partial charge in [-0.3, -0.25) is 0 Å². The average Bonchev–Trinajstić information content (AvgIpc) is 3.00. The Morgan fingerprint density at radius 2 is 2.44 bits per heavy atom. The van der Waals surface area contributed by atoms with E-state index in [-0.39, 0.29) is 6.10 Å². The van der Waals surface area contributed by atoms with E-state index in [2.05, 4.69) is 22.6 Å². The molecular formula is C12H20N2OS. The number of nitrogens with zero attached hydrogens (tertiary/aromatic N) is 1. The Labute approximate surface area is 101 Å². The van der Waals surface area contributed by atoms with Gasteiger partial charge in [-0.2, -0.15) is 0 Å². The second-order valence-corrected chi connectivity index (χ2v) is 5.41. The molecule has 4 heteroatoms. The summed E-state index contributed by atoms with van der Waals surface area (Å²) in [6, 6.07) is 0. The minimum atomic E-state index is -0.216. The molecule has 1 aliphatic carbocycles. The molecule has 3 nitrogen and oxygen atoms in total. The third-order valence-electron chi connectivity index (χ3n) is 2.80. The molecule has 2 rings (SSSR count). The molecule has 0 bridgehead atoms. The van der Waals surface area contributed by atoms with E-state index >= 15 is 0 Å². The average molecular weight is 240 g/mol. The number of hydrogen-bond donors (Lipinski definition) is 2. The van der Waals surface area contributed by atoms with E-state index in [0.29, 0.717) is 6.54 Å². The van der Waals surface area contributed by atoms with Crippen molar-refractivity contribution in [3.05, 3.63) is 16.1 Å². The normalized spacial score (nSPS) is 17.6. The third kappa shape index (κ3) is 3.54. The van der Waals surface area contributed by atoms with Crippen LogP contribution < -0.4 is 5.32 Å². The van der Waals surface area contributed by atoms with Gasteiger partial charge in [0, 0.05) is 24.4 Å². The third-order valence-corrected chi connectivity index (χ3v) is 3.86. The summed E-state index contributed by atoms with van der Waals surface area (Å²) < 4.78 is 0. The molecular weight excluding hydrogens is 220 g/mol. The van der Waals surface area contributed by atoms with Crippen LogP contribution in [0.25, 0.3) is 0 Å². The molecule has 1 fully saturated rings. The van der Waals surface area contributed by atoms with Gasteiger partial charge in [0.05, 0.1) is 16.8 Å². The molecule has 0 saturated heterocycles. The summed E-state index contributed by atoms with van der Waals surface area (Å²) in [4.78, 5) is 4.59. The highest BCUT2D eigenvalue weighted by atomic mass is 32.1. The second-order valence-electron chi connectivity index (χ2n) is 4.52. The molecule has 0 spiro atoms. The molecule has 1 heterocycles. The first-order valence-corrected chi connectivity index (χ1v) is 7.00. The number of nitrogens with one attached hydrogen (secondary N) is 1. The zero-order valence-electron chi connectivity index (χ0n) is 9.78. The minimum absolute atomic E-state index is 0.216. The lowest BCUT2D eigenvalue weighted by Crippen LogP contribution is -2.26. The van der Waals surface area contributed by atoms with Crippen molar-refractivity contribution in [1.82, 2.24) is 10.3 Å².